The molecule has 2 heterocycles. The molecule has 5 unspecified atom stereocenters. The lowest BCUT2D eigenvalue weighted by Gasteiger charge is -2.42. The van der Waals surface area contributed by atoms with Gasteiger partial charge in [-0.1, -0.05) is 18.2 Å². The number of anilines is 1. The van der Waals surface area contributed by atoms with Crippen molar-refractivity contribution in [1.29, 1.82) is 0 Å². The number of para-hydroxylation sites is 1. The van der Waals surface area contributed by atoms with Gasteiger partial charge in [-0.2, -0.15) is 4.31 Å². The summed E-state index contributed by atoms with van der Waals surface area (Å²) >= 11 is 0. The maximum absolute atomic E-state index is 15.0. The maximum Gasteiger partial charge on any atom is 0.242 e. The normalized spacial score (nSPS) is 23.2. The van der Waals surface area contributed by atoms with E-state index in [0.717, 1.165) is 36.8 Å². The van der Waals surface area contributed by atoms with Gasteiger partial charge in [0.2, 0.25) is 15.9 Å². The quantitative estimate of drug-likeness (QED) is 0.371. The van der Waals surface area contributed by atoms with Gasteiger partial charge in [-0.15, -0.1) is 0 Å². The van der Waals surface area contributed by atoms with Crippen LogP contribution in [0.1, 0.15) is 29.9 Å². The van der Waals surface area contributed by atoms with Crippen LogP contribution >= 0.6 is 0 Å². The molecule has 230 valence electrons. The molecule has 0 spiro atoms. The summed E-state index contributed by atoms with van der Waals surface area (Å²) in [4.78, 5) is 15.5. The predicted octanol–water partition coefficient (Wildman–Crippen LogP) is 3.83. The van der Waals surface area contributed by atoms with E-state index in [1.165, 1.54) is 28.6 Å². The van der Waals surface area contributed by atoms with Crippen LogP contribution in [-0.4, -0.2) is 74.2 Å². The fourth-order valence-electron chi connectivity index (χ4n) is 5.81. The number of benzene rings is 3. The lowest BCUT2D eigenvalue weighted by atomic mass is 9.84. The number of carbonyl (C=O) groups is 1. The Labute approximate surface area is 247 Å². The summed E-state index contributed by atoms with van der Waals surface area (Å²) in [7, 11) is -1.61. The summed E-state index contributed by atoms with van der Waals surface area (Å²) in [6.07, 6.45) is 1.30. The Morgan fingerprint density at radius 2 is 1.70 bits per heavy atom. The standard InChI is InChI=1S/C30H32F4N4O4S/c1-37-15-24(38-16-23(37)4-3-11-43(38,40)41)17-42-29-25(34)5-2-6-26(29)36-30(39)28(35)27(18-7-9-20(31)10-8-18)19-12-21(32)14-22(33)13-19/h2,5-10,12-14,23-24,27-28H,3-4,11,15-17,35H2,1H3,(H,36,39). The topological polar surface area (TPSA) is 105 Å². The smallest absolute Gasteiger partial charge is 0.242 e. The van der Waals surface area contributed by atoms with Gasteiger partial charge < -0.3 is 20.7 Å². The van der Waals surface area contributed by atoms with Crippen molar-refractivity contribution in [2.75, 3.05) is 37.8 Å². The van der Waals surface area contributed by atoms with Crippen molar-refractivity contribution in [2.45, 2.75) is 36.9 Å². The van der Waals surface area contributed by atoms with Crippen LogP contribution in [-0.2, 0) is 14.8 Å². The second-order valence-corrected chi connectivity index (χ2v) is 13.0. The summed E-state index contributed by atoms with van der Waals surface area (Å²) in [5, 5.41) is 2.55. The molecule has 1 amide bonds. The molecule has 3 aromatic carbocycles. The molecule has 8 nitrogen and oxygen atoms in total. The molecule has 2 fully saturated rings. The number of hydrogen-bond donors (Lipinski definition) is 2. The lowest BCUT2D eigenvalue weighted by Crippen LogP contribution is -2.59. The Balaban J connectivity index is 1.38. The number of sulfonamides is 1. The number of ether oxygens (including phenoxy) is 1. The number of piperazine rings is 1. The first-order chi connectivity index (χ1) is 20.4. The van der Waals surface area contributed by atoms with Crippen molar-refractivity contribution in [3.63, 3.8) is 0 Å². The third kappa shape index (κ3) is 6.85. The number of fused-ring (bicyclic) bond motifs is 2. The van der Waals surface area contributed by atoms with Gasteiger partial charge in [0, 0.05) is 31.1 Å². The van der Waals surface area contributed by atoms with Gasteiger partial charge in [-0.05, 0) is 67.4 Å². The minimum Gasteiger partial charge on any atom is -0.487 e. The van der Waals surface area contributed by atoms with Crippen molar-refractivity contribution >= 4 is 21.6 Å². The molecule has 0 aromatic heterocycles. The number of nitrogens with zero attached hydrogens (tertiary/aromatic N) is 2. The minimum absolute atomic E-state index is 0.0250. The van der Waals surface area contributed by atoms with Crippen molar-refractivity contribution in [1.82, 2.24) is 9.21 Å². The molecule has 13 heteroatoms. The summed E-state index contributed by atoms with van der Waals surface area (Å²) < 4.78 is 90.0. The molecule has 0 aliphatic carbocycles. The Hall–Kier alpha value is -3.52. The molecule has 2 saturated heterocycles. The number of carbonyl (C=O) groups excluding carboxylic acids is 1. The molecule has 43 heavy (non-hydrogen) atoms. The molecule has 0 radical (unpaired) electrons. The third-order valence-corrected chi connectivity index (χ3v) is 9.96. The molecule has 3 aromatic rings. The van der Waals surface area contributed by atoms with Crippen LogP contribution in [0, 0.1) is 23.3 Å². The molecule has 2 aliphatic rings. The summed E-state index contributed by atoms with van der Waals surface area (Å²) in [6, 6.07) is 9.64. The van der Waals surface area contributed by atoms with Gasteiger partial charge >= 0.3 is 0 Å². The summed E-state index contributed by atoms with van der Waals surface area (Å²) in [5.41, 5.74) is 6.64. The first-order valence-corrected chi connectivity index (χ1v) is 15.4. The van der Waals surface area contributed by atoms with Crippen molar-refractivity contribution < 1.29 is 35.5 Å². The van der Waals surface area contributed by atoms with E-state index in [-0.39, 0.29) is 35.4 Å². The second-order valence-electron chi connectivity index (χ2n) is 10.9. The molecule has 3 N–H and O–H groups in total. The molecule has 2 aliphatic heterocycles. The van der Waals surface area contributed by atoms with Gasteiger partial charge in [0.05, 0.1) is 23.5 Å². The van der Waals surface area contributed by atoms with Crippen LogP contribution in [0.3, 0.4) is 0 Å². The molecule has 2 bridgehead atoms. The van der Waals surface area contributed by atoms with E-state index in [1.54, 1.807) is 0 Å². The number of halogens is 4. The fraction of sp³-hybridized carbons (Fsp3) is 0.367. The maximum atomic E-state index is 15.0. The minimum atomic E-state index is -3.52. The second kappa shape index (κ2) is 12.6. The highest BCUT2D eigenvalue weighted by Crippen LogP contribution is 2.33. The van der Waals surface area contributed by atoms with E-state index in [4.69, 9.17) is 10.5 Å². The largest absolute Gasteiger partial charge is 0.487 e. The molecule has 5 rings (SSSR count). The number of rotatable bonds is 8. The Morgan fingerprint density at radius 1 is 1.00 bits per heavy atom. The summed E-state index contributed by atoms with van der Waals surface area (Å²) in [6.45, 7) is 0.523. The highest BCUT2D eigenvalue weighted by Gasteiger charge is 2.41. The first-order valence-electron chi connectivity index (χ1n) is 13.8. The van der Waals surface area contributed by atoms with E-state index in [0.29, 0.717) is 31.1 Å². The number of likely N-dealkylation sites (N-methyl/N-ethyl adjacent to an activating group) is 1. The van der Waals surface area contributed by atoms with E-state index in [1.807, 2.05) is 7.05 Å². The van der Waals surface area contributed by atoms with Crippen LogP contribution in [0.2, 0.25) is 0 Å². The monoisotopic (exact) mass is 620 g/mol. The average molecular weight is 621 g/mol. The van der Waals surface area contributed by atoms with E-state index >= 15 is 4.39 Å². The fourth-order valence-corrected chi connectivity index (χ4v) is 7.56. The zero-order chi connectivity index (χ0) is 30.9. The van der Waals surface area contributed by atoms with E-state index in [2.05, 4.69) is 10.2 Å². The van der Waals surface area contributed by atoms with Gasteiger partial charge in [0.1, 0.15) is 24.1 Å². The summed E-state index contributed by atoms with van der Waals surface area (Å²) in [5.74, 6) is -5.34. The highest BCUT2D eigenvalue weighted by molar-refractivity contribution is 7.89. The van der Waals surface area contributed by atoms with Gasteiger partial charge in [-0.25, -0.2) is 26.0 Å². The molecular formula is C30H32F4N4O4S. The first kappa shape index (κ1) is 30.9. The van der Waals surface area contributed by atoms with Gasteiger partial charge in [0.15, 0.2) is 11.6 Å². The van der Waals surface area contributed by atoms with Crippen LogP contribution in [0.4, 0.5) is 23.2 Å². The van der Waals surface area contributed by atoms with Gasteiger partial charge in [0.25, 0.3) is 0 Å². The Morgan fingerprint density at radius 3 is 2.40 bits per heavy atom. The molecular weight excluding hydrogens is 588 g/mol. The number of hydrogen-bond acceptors (Lipinski definition) is 6. The Bertz CT molecular complexity index is 1570. The van der Waals surface area contributed by atoms with Crippen LogP contribution in [0.25, 0.3) is 0 Å². The SMILES string of the molecule is CN1CC(COc2c(F)cccc2NC(=O)C(N)C(c2ccc(F)cc2)c2cc(F)cc(F)c2)N2CC1CCCS2(=O)=O. The highest BCUT2D eigenvalue weighted by atomic mass is 32.2. The molecule has 0 saturated carbocycles. The molecule has 5 atom stereocenters. The zero-order valence-electron chi connectivity index (χ0n) is 23.4. The van der Waals surface area contributed by atoms with Crippen molar-refractivity contribution in [3.8, 4) is 5.75 Å². The number of amides is 1. The Kier molecular flexibility index (Phi) is 9.07. The lowest BCUT2D eigenvalue weighted by molar-refractivity contribution is -0.117. The zero-order valence-corrected chi connectivity index (χ0v) is 24.2. The predicted molar refractivity (Wildman–Crippen MR) is 153 cm³/mol. The van der Waals surface area contributed by atoms with E-state index < -0.39 is 57.2 Å². The average Bonchev–Trinajstić information content (AvgIpc) is 3.07. The van der Waals surface area contributed by atoms with Gasteiger partial charge in [-0.3, -0.25) is 4.79 Å². The van der Waals surface area contributed by atoms with E-state index in [9.17, 15) is 26.4 Å². The third-order valence-electron chi connectivity index (χ3n) is 8.00. The number of nitrogens with two attached hydrogens (primary N) is 1. The van der Waals surface area contributed by atoms with Crippen LogP contribution < -0.4 is 15.8 Å². The van der Waals surface area contributed by atoms with Crippen molar-refractivity contribution in [3.05, 3.63) is 95.1 Å². The number of nitrogens with one attached hydrogen (secondary N) is 1. The van der Waals surface area contributed by atoms with Crippen LogP contribution in [0.5, 0.6) is 5.75 Å². The van der Waals surface area contributed by atoms with Crippen LogP contribution in [0.15, 0.2) is 60.7 Å². The van der Waals surface area contributed by atoms with Crippen molar-refractivity contribution in [2.24, 2.45) is 5.73 Å².